The van der Waals surface area contributed by atoms with Crippen molar-refractivity contribution in [1.82, 2.24) is 9.47 Å². The lowest BCUT2D eigenvalue weighted by atomic mass is 10.00. The number of amides is 2. The summed E-state index contributed by atoms with van der Waals surface area (Å²) in [6.07, 6.45) is 2.00. The summed E-state index contributed by atoms with van der Waals surface area (Å²) < 4.78 is 18.3. The summed E-state index contributed by atoms with van der Waals surface area (Å²) >= 11 is 12.6. The fourth-order valence-corrected chi connectivity index (χ4v) is 4.51. The van der Waals surface area contributed by atoms with E-state index in [2.05, 4.69) is 9.88 Å². The lowest BCUT2D eigenvalue weighted by Gasteiger charge is -2.37. The van der Waals surface area contributed by atoms with Crippen LogP contribution in [0.2, 0.25) is 10.0 Å². The SMILES string of the molecule is COc1cc(NC(=O)N2CCn3cccc3[C@@H]2c2ccc(Cl)cc2Cl)cc(OC)c1OC. The van der Waals surface area contributed by atoms with Gasteiger partial charge in [-0.1, -0.05) is 29.3 Å². The van der Waals surface area contributed by atoms with Crippen molar-refractivity contribution in [1.29, 1.82) is 0 Å². The number of urea groups is 1. The van der Waals surface area contributed by atoms with Gasteiger partial charge in [0, 0.05) is 47.2 Å². The highest BCUT2D eigenvalue weighted by Gasteiger charge is 2.33. The van der Waals surface area contributed by atoms with Gasteiger partial charge in [0.25, 0.3) is 0 Å². The first-order valence-electron chi connectivity index (χ1n) is 9.94. The topological polar surface area (TPSA) is 65.0 Å². The van der Waals surface area contributed by atoms with Crippen molar-refractivity contribution in [2.75, 3.05) is 33.2 Å². The van der Waals surface area contributed by atoms with Gasteiger partial charge in [-0.05, 0) is 29.8 Å². The largest absolute Gasteiger partial charge is 0.493 e. The molecule has 2 heterocycles. The summed E-state index contributed by atoms with van der Waals surface area (Å²) in [5, 5.41) is 4.00. The van der Waals surface area contributed by atoms with Gasteiger partial charge in [0.2, 0.25) is 5.75 Å². The van der Waals surface area contributed by atoms with E-state index >= 15 is 0 Å². The van der Waals surface area contributed by atoms with Crippen molar-refractivity contribution < 1.29 is 19.0 Å². The number of rotatable bonds is 5. The maximum Gasteiger partial charge on any atom is 0.322 e. The van der Waals surface area contributed by atoms with Gasteiger partial charge in [-0.2, -0.15) is 0 Å². The van der Waals surface area contributed by atoms with Crippen LogP contribution in [0.25, 0.3) is 0 Å². The Morgan fingerprint density at radius 2 is 1.72 bits per heavy atom. The molecule has 2 aromatic carbocycles. The molecule has 7 nitrogen and oxygen atoms in total. The quantitative estimate of drug-likeness (QED) is 0.532. The van der Waals surface area contributed by atoms with Crippen LogP contribution in [0.4, 0.5) is 10.5 Å². The smallest absolute Gasteiger partial charge is 0.322 e. The van der Waals surface area contributed by atoms with Gasteiger partial charge in [0.05, 0.1) is 27.0 Å². The Hall–Kier alpha value is -3.03. The molecule has 4 rings (SSSR count). The lowest BCUT2D eigenvalue weighted by Crippen LogP contribution is -2.44. The maximum atomic E-state index is 13.4. The number of benzene rings is 2. The van der Waals surface area contributed by atoms with Crippen LogP contribution in [0.1, 0.15) is 17.3 Å². The van der Waals surface area contributed by atoms with Crippen molar-refractivity contribution in [3.05, 3.63) is 70.0 Å². The first-order chi connectivity index (χ1) is 15.5. The molecule has 32 heavy (non-hydrogen) atoms. The molecule has 0 saturated heterocycles. The summed E-state index contributed by atoms with van der Waals surface area (Å²) in [7, 11) is 4.59. The summed E-state index contributed by atoms with van der Waals surface area (Å²) in [5.41, 5.74) is 2.29. The zero-order valence-corrected chi connectivity index (χ0v) is 19.4. The zero-order valence-electron chi connectivity index (χ0n) is 17.9. The Morgan fingerprint density at radius 3 is 2.34 bits per heavy atom. The van der Waals surface area contributed by atoms with E-state index in [9.17, 15) is 4.79 Å². The van der Waals surface area contributed by atoms with Gasteiger partial charge < -0.3 is 29.0 Å². The van der Waals surface area contributed by atoms with E-state index < -0.39 is 0 Å². The van der Waals surface area contributed by atoms with Gasteiger partial charge in [-0.25, -0.2) is 4.79 Å². The van der Waals surface area contributed by atoms with Gasteiger partial charge in [-0.3, -0.25) is 0 Å². The fraction of sp³-hybridized carbons (Fsp3) is 0.261. The number of carbonyl (C=O) groups excluding carboxylic acids is 1. The summed E-state index contributed by atoms with van der Waals surface area (Å²) in [5.74, 6) is 1.36. The van der Waals surface area contributed by atoms with E-state index in [-0.39, 0.29) is 12.1 Å². The fourth-order valence-electron chi connectivity index (χ4n) is 4.00. The lowest BCUT2D eigenvalue weighted by molar-refractivity contribution is 0.182. The Morgan fingerprint density at radius 1 is 1.00 bits per heavy atom. The minimum atomic E-state index is -0.370. The molecule has 2 amide bonds. The van der Waals surface area contributed by atoms with Crippen LogP contribution in [0.3, 0.4) is 0 Å². The standard InChI is InChI=1S/C23H23Cl2N3O4/c1-30-19-12-15(13-20(31-2)22(19)32-3)26-23(29)28-10-9-27-8-4-5-18(27)21(28)16-7-6-14(24)11-17(16)25/h4-8,11-13,21H,9-10H2,1-3H3,(H,26,29)/t21-/m0/s1. The molecule has 1 N–H and O–H groups in total. The Balaban J connectivity index is 1.70. The van der Waals surface area contributed by atoms with Crippen LogP contribution < -0.4 is 19.5 Å². The van der Waals surface area contributed by atoms with Crippen LogP contribution in [-0.2, 0) is 6.54 Å². The molecule has 0 bridgehead atoms. The normalized spacial score (nSPS) is 15.2. The summed E-state index contributed by atoms with van der Waals surface area (Å²) in [6.45, 7) is 1.17. The number of fused-ring (bicyclic) bond motifs is 1. The van der Waals surface area contributed by atoms with Crippen molar-refractivity contribution in [2.45, 2.75) is 12.6 Å². The number of hydrogen-bond donors (Lipinski definition) is 1. The van der Waals surface area contributed by atoms with Crippen LogP contribution in [0.15, 0.2) is 48.7 Å². The molecule has 0 aliphatic carbocycles. The molecule has 1 aliphatic rings. The number of hydrogen-bond acceptors (Lipinski definition) is 4. The predicted molar refractivity (Wildman–Crippen MR) is 125 cm³/mol. The molecule has 0 unspecified atom stereocenters. The molecule has 1 aromatic heterocycles. The molecule has 3 aromatic rings. The van der Waals surface area contributed by atoms with Gasteiger partial charge in [0.1, 0.15) is 6.04 Å². The molecule has 1 atom stereocenters. The number of nitrogens with zero attached hydrogens (tertiary/aromatic N) is 2. The second kappa shape index (κ2) is 9.22. The molecule has 0 fully saturated rings. The van der Waals surface area contributed by atoms with Crippen molar-refractivity contribution in [2.24, 2.45) is 0 Å². The van der Waals surface area contributed by atoms with Crippen LogP contribution in [-0.4, -0.2) is 43.4 Å². The number of methoxy groups -OCH3 is 3. The molecule has 168 valence electrons. The Kier molecular flexibility index (Phi) is 6.39. The highest BCUT2D eigenvalue weighted by atomic mass is 35.5. The highest BCUT2D eigenvalue weighted by molar-refractivity contribution is 6.35. The molecule has 0 saturated carbocycles. The summed E-state index contributed by atoms with van der Waals surface area (Å²) in [4.78, 5) is 15.2. The molecule has 1 aliphatic heterocycles. The van der Waals surface area contributed by atoms with Gasteiger partial charge >= 0.3 is 6.03 Å². The Labute approximate surface area is 196 Å². The van der Waals surface area contributed by atoms with E-state index in [1.54, 1.807) is 29.2 Å². The molecule has 9 heteroatoms. The van der Waals surface area contributed by atoms with Crippen molar-refractivity contribution >= 4 is 34.9 Å². The first kappa shape index (κ1) is 22.2. The molecular formula is C23H23Cl2N3O4. The van der Waals surface area contributed by atoms with Crippen LogP contribution in [0.5, 0.6) is 17.2 Å². The maximum absolute atomic E-state index is 13.4. The third-order valence-electron chi connectivity index (χ3n) is 5.47. The number of aromatic nitrogens is 1. The second-order valence-electron chi connectivity index (χ2n) is 7.23. The van der Waals surface area contributed by atoms with E-state index in [0.717, 1.165) is 11.3 Å². The molecule has 0 spiro atoms. The minimum Gasteiger partial charge on any atom is -0.493 e. The third-order valence-corrected chi connectivity index (χ3v) is 6.03. The van der Waals surface area contributed by atoms with Crippen LogP contribution in [0, 0.1) is 0 Å². The number of anilines is 1. The van der Waals surface area contributed by atoms with E-state index in [1.165, 1.54) is 21.3 Å². The van der Waals surface area contributed by atoms with Gasteiger partial charge in [0.15, 0.2) is 11.5 Å². The summed E-state index contributed by atoms with van der Waals surface area (Å²) in [6, 6.07) is 12.0. The van der Waals surface area contributed by atoms with Crippen molar-refractivity contribution in [3.8, 4) is 17.2 Å². The molecule has 0 radical (unpaired) electrons. The van der Waals surface area contributed by atoms with Crippen LogP contribution >= 0.6 is 23.2 Å². The number of carbonyl (C=O) groups is 1. The minimum absolute atomic E-state index is 0.275. The molecular weight excluding hydrogens is 453 g/mol. The second-order valence-corrected chi connectivity index (χ2v) is 8.08. The third kappa shape index (κ3) is 4.06. The number of nitrogens with one attached hydrogen (secondary N) is 1. The Bertz CT molecular complexity index is 1120. The first-order valence-corrected chi connectivity index (χ1v) is 10.7. The highest BCUT2D eigenvalue weighted by Crippen LogP contribution is 2.41. The van der Waals surface area contributed by atoms with E-state index in [1.807, 2.05) is 24.4 Å². The zero-order chi connectivity index (χ0) is 22.8. The van der Waals surface area contributed by atoms with E-state index in [0.29, 0.717) is 46.1 Å². The predicted octanol–water partition coefficient (Wildman–Crippen LogP) is 5.46. The number of halogens is 2. The van der Waals surface area contributed by atoms with Crippen molar-refractivity contribution in [3.63, 3.8) is 0 Å². The average Bonchev–Trinajstić information content (AvgIpc) is 3.27. The van der Waals surface area contributed by atoms with E-state index in [4.69, 9.17) is 37.4 Å². The van der Waals surface area contributed by atoms with Gasteiger partial charge in [-0.15, -0.1) is 0 Å². The monoisotopic (exact) mass is 475 g/mol. The number of ether oxygens (including phenoxy) is 3. The average molecular weight is 476 g/mol.